The Morgan fingerprint density at radius 3 is 2.88 bits per heavy atom. The monoisotopic (exact) mass is 377 g/mol. The van der Waals surface area contributed by atoms with Crippen molar-refractivity contribution in [1.82, 2.24) is 10.2 Å². The average Bonchev–Trinajstić information content (AvgIpc) is 3.23. The summed E-state index contributed by atoms with van der Waals surface area (Å²) in [4.78, 5) is 31.0. The number of hydrogen-bond donors (Lipinski definition) is 1. The summed E-state index contributed by atoms with van der Waals surface area (Å²) in [6.07, 6.45) is 0.244. The van der Waals surface area contributed by atoms with E-state index in [0.717, 1.165) is 16.4 Å². The highest BCUT2D eigenvalue weighted by Gasteiger charge is 2.41. The number of nitrogens with one attached hydrogen (secondary N) is 1. The molecule has 132 valence electrons. The molecular formula is C17H19N3O3S2. The lowest BCUT2D eigenvalue weighted by molar-refractivity contribution is -0.136. The molecule has 1 aromatic heterocycles. The number of nitrogens with zero attached hydrogens (tertiary/aromatic N) is 2. The molecule has 1 N–H and O–H groups in total. The topological polar surface area (TPSA) is 71.0 Å². The summed E-state index contributed by atoms with van der Waals surface area (Å²) in [7, 11) is 1.37. The van der Waals surface area contributed by atoms with Crippen molar-refractivity contribution >= 4 is 40.1 Å². The first-order chi connectivity index (χ1) is 12.1. The molecule has 6 nitrogen and oxygen atoms in total. The van der Waals surface area contributed by atoms with E-state index in [9.17, 15) is 9.59 Å². The molecule has 0 bridgehead atoms. The van der Waals surface area contributed by atoms with Gasteiger partial charge in [0.25, 0.3) is 0 Å². The van der Waals surface area contributed by atoms with Gasteiger partial charge in [0.05, 0.1) is 30.8 Å². The molecule has 1 unspecified atom stereocenters. The van der Waals surface area contributed by atoms with Crippen LogP contribution in [0.25, 0.3) is 0 Å². The standard InChI is InChI=1S/C17H19N3O3S2/c1-4-18-13(21)7-12-9-25-17-19-10(2)14(16(22)23-3)15(20(12)17)11-5-6-24-8-11/h5-6,8-9,15H,4,7H2,1-3H3,(H,18,21). The zero-order valence-electron chi connectivity index (χ0n) is 14.2. The molecule has 8 heteroatoms. The van der Waals surface area contributed by atoms with Gasteiger partial charge in [0.2, 0.25) is 5.91 Å². The number of rotatable bonds is 5. The number of fused-ring (bicyclic) bond motifs is 1. The predicted molar refractivity (Wildman–Crippen MR) is 100 cm³/mol. The number of hydrogen-bond acceptors (Lipinski definition) is 7. The summed E-state index contributed by atoms with van der Waals surface area (Å²) in [5.41, 5.74) is 2.98. The van der Waals surface area contributed by atoms with E-state index in [2.05, 4.69) is 10.3 Å². The minimum absolute atomic E-state index is 0.0504. The fourth-order valence-corrected chi connectivity index (χ4v) is 4.55. The Balaban J connectivity index is 2.01. The highest BCUT2D eigenvalue weighted by Crippen LogP contribution is 2.45. The molecule has 1 aromatic rings. The predicted octanol–water partition coefficient (Wildman–Crippen LogP) is 3.02. The Bertz CT molecular complexity index is 781. The number of amides is 1. The number of carbonyl (C=O) groups is 2. The first-order valence-electron chi connectivity index (χ1n) is 7.88. The number of methoxy groups -OCH3 is 1. The normalized spacial score (nSPS) is 19.3. The van der Waals surface area contributed by atoms with E-state index >= 15 is 0 Å². The summed E-state index contributed by atoms with van der Waals surface area (Å²) >= 11 is 3.04. The maximum absolute atomic E-state index is 12.4. The van der Waals surface area contributed by atoms with Gasteiger partial charge in [-0.2, -0.15) is 11.3 Å². The smallest absolute Gasteiger partial charge is 0.338 e. The van der Waals surface area contributed by atoms with Gasteiger partial charge < -0.3 is 15.0 Å². The highest BCUT2D eigenvalue weighted by molar-refractivity contribution is 8.16. The molecule has 3 rings (SSSR count). The lowest BCUT2D eigenvalue weighted by atomic mass is 9.96. The number of aliphatic imine (C=N–C) groups is 1. The summed E-state index contributed by atoms with van der Waals surface area (Å²) in [6.45, 7) is 4.29. The second-order valence-electron chi connectivity index (χ2n) is 5.57. The Hall–Kier alpha value is -2.06. The van der Waals surface area contributed by atoms with Crippen molar-refractivity contribution in [3.8, 4) is 0 Å². The van der Waals surface area contributed by atoms with Gasteiger partial charge in [0, 0.05) is 12.2 Å². The summed E-state index contributed by atoms with van der Waals surface area (Å²) in [6, 6.07) is 1.66. The second-order valence-corrected chi connectivity index (χ2v) is 7.19. The van der Waals surface area contributed by atoms with Crippen LogP contribution in [0.2, 0.25) is 0 Å². The quantitative estimate of drug-likeness (QED) is 0.799. The van der Waals surface area contributed by atoms with Crippen LogP contribution in [0.5, 0.6) is 0 Å². The van der Waals surface area contributed by atoms with Crippen LogP contribution < -0.4 is 5.32 Å². The van der Waals surface area contributed by atoms with Gasteiger partial charge in [-0.3, -0.25) is 4.79 Å². The molecule has 2 aliphatic rings. The third-order valence-corrected chi connectivity index (χ3v) is 5.57. The van der Waals surface area contributed by atoms with E-state index in [0.29, 0.717) is 17.8 Å². The molecule has 0 spiro atoms. The van der Waals surface area contributed by atoms with Gasteiger partial charge in [-0.15, -0.1) is 0 Å². The number of thioether (sulfide) groups is 1. The van der Waals surface area contributed by atoms with Gasteiger partial charge in [0.1, 0.15) is 0 Å². The Morgan fingerprint density at radius 1 is 1.44 bits per heavy atom. The van der Waals surface area contributed by atoms with Gasteiger partial charge in [-0.1, -0.05) is 11.8 Å². The number of thiophene rings is 1. The molecule has 1 atom stereocenters. The van der Waals surface area contributed by atoms with E-state index in [1.807, 2.05) is 41.0 Å². The van der Waals surface area contributed by atoms with Crippen molar-refractivity contribution in [2.45, 2.75) is 26.3 Å². The second kappa shape index (κ2) is 7.45. The summed E-state index contributed by atoms with van der Waals surface area (Å²) < 4.78 is 5.00. The van der Waals surface area contributed by atoms with Crippen molar-refractivity contribution in [2.24, 2.45) is 4.99 Å². The fraction of sp³-hybridized carbons (Fsp3) is 0.353. The fourth-order valence-electron chi connectivity index (χ4n) is 2.91. The minimum atomic E-state index is -0.397. The molecule has 0 radical (unpaired) electrons. The molecule has 0 aromatic carbocycles. The molecule has 25 heavy (non-hydrogen) atoms. The third kappa shape index (κ3) is 3.36. The van der Waals surface area contributed by atoms with E-state index < -0.39 is 5.97 Å². The number of ether oxygens (including phenoxy) is 1. The average molecular weight is 377 g/mol. The Labute approximate surface area is 154 Å². The van der Waals surface area contributed by atoms with E-state index in [1.54, 1.807) is 11.3 Å². The number of carbonyl (C=O) groups excluding carboxylic acids is 2. The molecule has 1 amide bonds. The highest BCUT2D eigenvalue weighted by atomic mass is 32.2. The van der Waals surface area contributed by atoms with Gasteiger partial charge in [-0.05, 0) is 41.6 Å². The lowest BCUT2D eigenvalue weighted by Gasteiger charge is -2.35. The van der Waals surface area contributed by atoms with Crippen LogP contribution in [0.3, 0.4) is 0 Å². The van der Waals surface area contributed by atoms with Gasteiger partial charge >= 0.3 is 5.97 Å². The molecule has 0 fully saturated rings. The van der Waals surface area contributed by atoms with Crippen LogP contribution in [0.15, 0.2) is 44.2 Å². The summed E-state index contributed by atoms with van der Waals surface area (Å²) in [5, 5.41) is 9.51. The van der Waals surface area contributed by atoms with Crippen LogP contribution >= 0.6 is 23.1 Å². The van der Waals surface area contributed by atoms with Gasteiger partial charge in [-0.25, -0.2) is 9.79 Å². The van der Waals surface area contributed by atoms with E-state index in [4.69, 9.17) is 4.74 Å². The molecule has 2 aliphatic heterocycles. The van der Waals surface area contributed by atoms with Crippen molar-refractivity contribution in [3.63, 3.8) is 0 Å². The largest absolute Gasteiger partial charge is 0.466 e. The van der Waals surface area contributed by atoms with Gasteiger partial charge in [0.15, 0.2) is 5.17 Å². The maximum atomic E-state index is 12.4. The van der Waals surface area contributed by atoms with Crippen molar-refractivity contribution in [2.75, 3.05) is 13.7 Å². The Morgan fingerprint density at radius 2 is 2.24 bits per heavy atom. The number of amidine groups is 1. The first kappa shape index (κ1) is 17.8. The van der Waals surface area contributed by atoms with Crippen molar-refractivity contribution in [1.29, 1.82) is 0 Å². The van der Waals surface area contributed by atoms with E-state index in [1.165, 1.54) is 18.9 Å². The van der Waals surface area contributed by atoms with Crippen molar-refractivity contribution < 1.29 is 14.3 Å². The van der Waals surface area contributed by atoms with Crippen LogP contribution in [-0.4, -0.2) is 35.6 Å². The SMILES string of the molecule is CCNC(=O)CC1=CSC2=NC(C)=C(C(=O)OC)C(c3ccsc3)N12. The molecule has 0 saturated heterocycles. The zero-order chi connectivity index (χ0) is 18.0. The number of esters is 1. The van der Waals surface area contributed by atoms with E-state index in [-0.39, 0.29) is 18.4 Å². The van der Waals surface area contributed by atoms with Crippen molar-refractivity contribution in [3.05, 3.63) is 44.8 Å². The molecule has 0 saturated carbocycles. The minimum Gasteiger partial charge on any atom is -0.466 e. The zero-order valence-corrected chi connectivity index (χ0v) is 15.9. The van der Waals surface area contributed by atoms with Crippen LogP contribution in [0.4, 0.5) is 0 Å². The molecule has 0 aliphatic carbocycles. The lowest BCUT2D eigenvalue weighted by Crippen LogP contribution is -2.37. The first-order valence-corrected chi connectivity index (χ1v) is 9.70. The van der Waals surface area contributed by atoms with Crippen LogP contribution in [-0.2, 0) is 14.3 Å². The number of allylic oxidation sites excluding steroid dienone is 1. The third-order valence-electron chi connectivity index (χ3n) is 3.98. The Kier molecular flexibility index (Phi) is 5.29. The summed E-state index contributed by atoms with van der Waals surface area (Å²) in [5.74, 6) is -0.448. The maximum Gasteiger partial charge on any atom is 0.338 e. The van der Waals surface area contributed by atoms with Crippen LogP contribution in [0.1, 0.15) is 31.9 Å². The molecular weight excluding hydrogens is 358 g/mol. The molecule has 3 heterocycles. The van der Waals surface area contributed by atoms with Crippen LogP contribution in [0, 0.1) is 0 Å².